The number of hydrogen-bond donors (Lipinski definition) is 1. The van der Waals surface area contributed by atoms with Gasteiger partial charge in [-0.3, -0.25) is 4.79 Å². The highest BCUT2D eigenvalue weighted by Crippen LogP contribution is 2.35. The van der Waals surface area contributed by atoms with E-state index >= 15 is 0 Å². The van der Waals surface area contributed by atoms with Gasteiger partial charge in [0.1, 0.15) is 5.76 Å². The predicted octanol–water partition coefficient (Wildman–Crippen LogP) is 4.52. The van der Waals surface area contributed by atoms with Crippen LogP contribution in [0.5, 0.6) is 0 Å². The van der Waals surface area contributed by atoms with Gasteiger partial charge in [-0.25, -0.2) is 0 Å². The number of allylic oxidation sites excluding steroid dienone is 2. The molecule has 1 rings (SSSR count). The zero-order valence-corrected chi connectivity index (χ0v) is 12.1. The highest BCUT2D eigenvalue weighted by atomic mass is 32.2. The zero-order valence-electron chi connectivity index (χ0n) is 10.4. The summed E-state index contributed by atoms with van der Waals surface area (Å²) >= 11 is 3.27. The molecule has 0 radical (unpaired) electrons. The fraction of sp³-hybridized carbons (Fsp3) is 0.462. The Labute approximate surface area is 111 Å². The molecule has 0 unspecified atom stereocenters. The Hall–Kier alpha value is -0.740. The fourth-order valence-electron chi connectivity index (χ4n) is 1.50. The lowest BCUT2D eigenvalue weighted by Crippen LogP contribution is -1.98. The highest BCUT2D eigenvalue weighted by molar-refractivity contribution is 7.99. The van der Waals surface area contributed by atoms with Gasteiger partial charge in [-0.05, 0) is 37.5 Å². The Morgan fingerprint density at radius 1 is 1.47 bits per heavy atom. The van der Waals surface area contributed by atoms with Crippen LogP contribution in [0.2, 0.25) is 0 Å². The summed E-state index contributed by atoms with van der Waals surface area (Å²) in [4.78, 5) is 13.5. The van der Waals surface area contributed by atoms with Crippen molar-refractivity contribution in [1.82, 2.24) is 0 Å². The van der Waals surface area contributed by atoms with Crippen LogP contribution in [-0.2, 0) is 4.79 Å². The van der Waals surface area contributed by atoms with Crippen LogP contribution >= 0.6 is 23.1 Å². The minimum Gasteiger partial charge on any atom is -0.512 e. The van der Waals surface area contributed by atoms with Gasteiger partial charge in [-0.15, -0.1) is 23.1 Å². The molecule has 1 aromatic rings. The first-order chi connectivity index (χ1) is 8.07. The maximum atomic E-state index is 11.5. The second-order valence-electron chi connectivity index (χ2n) is 3.83. The number of carbonyl (C=O) groups excluding carboxylic acids is 1. The van der Waals surface area contributed by atoms with Gasteiger partial charge < -0.3 is 5.11 Å². The molecule has 0 spiro atoms. The fourth-order valence-corrected chi connectivity index (χ4v) is 3.89. The van der Waals surface area contributed by atoms with Gasteiger partial charge in [-0.1, -0.05) is 13.3 Å². The normalized spacial score (nSPS) is 12.4. The number of carbonyl (C=O) groups is 1. The van der Waals surface area contributed by atoms with Crippen molar-refractivity contribution >= 4 is 34.5 Å². The largest absolute Gasteiger partial charge is 0.512 e. The lowest BCUT2D eigenvalue weighted by atomic mass is 10.1. The van der Waals surface area contributed by atoms with Gasteiger partial charge in [-0.2, -0.15) is 0 Å². The third kappa shape index (κ3) is 3.89. The lowest BCUT2D eigenvalue weighted by Gasteiger charge is -2.06. The molecule has 0 saturated heterocycles. The molecule has 0 fully saturated rings. The van der Waals surface area contributed by atoms with Gasteiger partial charge in [0.05, 0.1) is 10.5 Å². The van der Waals surface area contributed by atoms with Crippen LogP contribution in [0.1, 0.15) is 38.5 Å². The standard InChI is InChI=1S/C13H18O2S2/c1-4-5-7-16-11-6-8-17-13(11)12(9(2)14)10(3)15/h6,8,14H,4-5,7H2,1-3H3/b12-9-. The number of Topliss-reactive ketones (excluding diaryl/α,β-unsaturated/α-hetero) is 1. The van der Waals surface area contributed by atoms with Crippen molar-refractivity contribution in [2.45, 2.75) is 38.5 Å². The van der Waals surface area contributed by atoms with E-state index in [9.17, 15) is 9.90 Å². The van der Waals surface area contributed by atoms with E-state index in [1.54, 1.807) is 18.7 Å². The van der Waals surface area contributed by atoms with E-state index in [1.807, 2.05) is 11.4 Å². The summed E-state index contributed by atoms with van der Waals surface area (Å²) in [5.41, 5.74) is 0.457. The Morgan fingerprint density at radius 3 is 2.71 bits per heavy atom. The maximum absolute atomic E-state index is 11.5. The first-order valence-electron chi connectivity index (χ1n) is 5.69. The molecule has 0 aliphatic heterocycles. The highest BCUT2D eigenvalue weighted by Gasteiger charge is 2.16. The van der Waals surface area contributed by atoms with Crippen LogP contribution in [0.15, 0.2) is 22.1 Å². The molecular formula is C13H18O2S2. The molecular weight excluding hydrogens is 252 g/mol. The van der Waals surface area contributed by atoms with E-state index in [-0.39, 0.29) is 11.5 Å². The SMILES string of the molecule is CCCCSc1ccsc1/C(C(C)=O)=C(/C)O. The molecule has 2 nitrogen and oxygen atoms in total. The Kier molecular flexibility index (Phi) is 5.78. The third-order valence-electron chi connectivity index (χ3n) is 2.33. The van der Waals surface area contributed by atoms with Crippen LogP contribution in [0, 0.1) is 0 Å². The van der Waals surface area contributed by atoms with Crippen molar-refractivity contribution in [3.05, 3.63) is 22.1 Å². The molecule has 0 aliphatic rings. The Balaban J connectivity index is 2.94. The van der Waals surface area contributed by atoms with E-state index in [0.717, 1.165) is 21.9 Å². The number of thiophene rings is 1. The van der Waals surface area contributed by atoms with E-state index < -0.39 is 0 Å². The van der Waals surface area contributed by atoms with E-state index in [0.29, 0.717) is 5.57 Å². The van der Waals surface area contributed by atoms with Crippen molar-refractivity contribution in [2.75, 3.05) is 5.75 Å². The number of rotatable bonds is 6. The molecule has 1 heterocycles. The smallest absolute Gasteiger partial charge is 0.164 e. The molecule has 0 aromatic carbocycles. The summed E-state index contributed by atoms with van der Waals surface area (Å²) in [7, 11) is 0. The Bertz CT molecular complexity index is 415. The molecule has 1 aromatic heterocycles. The summed E-state index contributed by atoms with van der Waals surface area (Å²) < 4.78 is 0. The lowest BCUT2D eigenvalue weighted by molar-refractivity contribution is -0.111. The molecule has 0 saturated carbocycles. The molecule has 0 amide bonds. The quantitative estimate of drug-likeness (QED) is 0.357. The summed E-state index contributed by atoms with van der Waals surface area (Å²) in [6.45, 7) is 5.22. The minimum atomic E-state index is -0.0789. The van der Waals surface area contributed by atoms with Gasteiger partial charge >= 0.3 is 0 Å². The Morgan fingerprint density at radius 2 is 2.18 bits per heavy atom. The number of unbranched alkanes of at least 4 members (excludes halogenated alkanes) is 1. The molecule has 4 heteroatoms. The van der Waals surface area contributed by atoms with Crippen molar-refractivity contribution in [3.63, 3.8) is 0 Å². The average Bonchev–Trinajstić information content (AvgIpc) is 2.66. The molecule has 0 atom stereocenters. The number of aliphatic hydroxyl groups is 1. The number of thioether (sulfide) groups is 1. The van der Waals surface area contributed by atoms with Crippen LogP contribution in [0.3, 0.4) is 0 Å². The van der Waals surface area contributed by atoms with Gasteiger partial charge in [0.2, 0.25) is 0 Å². The number of hydrogen-bond acceptors (Lipinski definition) is 4. The monoisotopic (exact) mass is 270 g/mol. The molecule has 1 N–H and O–H groups in total. The van der Waals surface area contributed by atoms with E-state index in [1.165, 1.54) is 24.7 Å². The van der Waals surface area contributed by atoms with Crippen molar-refractivity contribution < 1.29 is 9.90 Å². The van der Waals surface area contributed by atoms with Crippen LogP contribution in [0.25, 0.3) is 5.57 Å². The zero-order chi connectivity index (χ0) is 12.8. The number of aliphatic hydroxyl groups excluding tert-OH is 1. The second-order valence-corrected chi connectivity index (χ2v) is 5.89. The average molecular weight is 270 g/mol. The molecule has 0 bridgehead atoms. The molecule has 17 heavy (non-hydrogen) atoms. The number of ketones is 1. The topological polar surface area (TPSA) is 37.3 Å². The van der Waals surface area contributed by atoms with E-state index in [4.69, 9.17) is 0 Å². The summed E-state index contributed by atoms with van der Waals surface area (Å²) in [6.07, 6.45) is 2.33. The maximum Gasteiger partial charge on any atom is 0.164 e. The second kappa shape index (κ2) is 6.87. The van der Waals surface area contributed by atoms with Crippen molar-refractivity contribution in [1.29, 1.82) is 0 Å². The first-order valence-corrected chi connectivity index (χ1v) is 7.55. The third-order valence-corrected chi connectivity index (χ3v) is 4.53. The predicted molar refractivity (Wildman–Crippen MR) is 75.9 cm³/mol. The van der Waals surface area contributed by atoms with Crippen molar-refractivity contribution in [2.24, 2.45) is 0 Å². The molecule has 0 aliphatic carbocycles. The van der Waals surface area contributed by atoms with Gasteiger partial charge in [0.25, 0.3) is 0 Å². The summed E-state index contributed by atoms with van der Waals surface area (Å²) in [6, 6.07) is 2.02. The summed E-state index contributed by atoms with van der Waals surface area (Å²) in [5.74, 6) is 1.08. The van der Waals surface area contributed by atoms with Crippen LogP contribution < -0.4 is 0 Å². The van der Waals surface area contributed by atoms with Crippen molar-refractivity contribution in [3.8, 4) is 0 Å². The summed E-state index contributed by atoms with van der Waals surface area (Å²) in [5, 5.41) is 11.6. The first kappa shape index (κ1) is 14.3. The molecule has 94 valence electrons. The van der Waals surface area contributed by atoms with Gasteiger partial charge in [0.15, 0.2) is 5.78 Å². The van der Waals surface area contributed by atoms with Crippen LogP contribution in [0.4, 0.5) is 0 Å². The van der Waals surface area contributed by atoms with Gasteiger partial charge in [0, 0.05) is 4.90 Å². The van der Waals surface area contributed by atoms with E-state index in [2.05, 4.69) is 6.92 Å². The van der Waals surface area contributed by atoms with Crippen LogP contribution in [-0.4, -0.2) is 16.6 Å². The minimum absolute atomic E-state index is 0.0789.